The van der Waals surface area contributed by atoms with Crippen molar-refractivity contribution in [3.8, 4) is 0 Å². The van der Waals surface area contributed by atoms with E-state index in [4.69, 9.17) is 9.72 Å². The molecule has 0 amide bonds. The number of morpholine rings is 1. The molecule has 1 fully saturated rings. The topological polar surface area (TPSA) is 37.4 Å². The van der Waals surface area contributed by atoms with E-state index >= 15 is 0 Å². The molecule has 20 heavy (non-hydrogen) atoms. The van der Waals surface area contributed by atoms with Crippen LogP contribution < -0.4 is 10.2 Å². The summed E-state index contributed by atoms with van der Waals surface area (Å²) in [6.45, 7) is 13.3. The Labute approximate surface area is 126 Å². The Bertz CT molecular complexity index is 431. The molecule has 5 heteroatoms. The minimum atomic E-state index is 0.0367. The van der Waals surface area contributed by atoms with Crippen LogP contribution in [0, 0.1) is 0 Å². The van der Waals surface area contributed by atoms with Gasteiger partial charge < -0.3 is 15.0 Å². The maximum Gasteiger partial charge on any atom is 0.186 e. The summed E-state index contributed by atoms with van der Waals surface area (Å²) >= 11 is 1.84. The van der Waals surface area contributed by atoms with Crippen LogP contribution >= 0.6 is 11.3 Å². The molecule has 0 saturated carbocycles. The van der Waals surface area contributed by atoms with Crippen molar-refractivity contribution in [2.75, 3.05) is 31.2 Å². The highest BCUT2D eigenvalue weighted by molar-refractivity contribution is 7.15. The summed E-state index contributed by atoms with van der Waals surface area (Å²) in [6, 6.07) is 0. The molecule has 0 radical (unpaired) electrons. The summed E-state index contributed by atoms with van der Waals surface area (Å²) in [6.07, 6.45) is 2.22. The lowest BCUT2D eigenvalue weighted by Crippen LogP contribution is -2.53. The third-order valence-electron chi connectivity index (χ3n) is 3.67. The van der Waals surface area contributed by atoms with Gasteiger partial charge in [0, 0.05) is 18.0 Å². The average Bonchev–Trinajstić information content (AvgIpc) is 2.79. The molecule has 0 aliphatic carbocycles. The van der Waals surface area contributed by atoms with Crippen LogP contribution in [0.25, 0.3) is 0 Å². The summed E-state index contributed by atoms with van der Waals surface area (Å²) in [5.41, 5.74) is 1.31. The first kappa shape index (κ1) is 15.7. The Kier molecular flexibility index (Phi) is 5.41. The molecule has 0 atom stereocenters. The second-order valence-corrected chi connectivity index (χ2v) is 6.98. The molecule has 1 aliphatic rings. The molecule has 0 bridgehead atoms. The van der Waals surface area contributed by atoms with Gasteiger partial charge in [0.15, 0.2) is 5.13 Å². The number of rotatable bonds is 6. The van der Waals surface area contributed by atoms with Gasteiger partial charge in [-0.25, -0.2) is 4.98 Å². The Balaban J connectivity index is 2.22. The largest absolute Gasteiger partial charge is 0.377 e. The molecule has 1 aromatic heterocycles. The Morgan fingerprint density at radius 3 is 2.85 bits per heavy atom. The fourth-order valence-corrected chi connectivity index (χ4v) is 3.77. The third kappa shape index (κ3) is 3.51. The van der Waals surface area contributed by atoms with Crippen LogP contribution in [0.5, 0.6) is 0 Å². The first-order valence-electron chi connectivity index (χ1n) is 7.63. The molecule has 4 nitrogen and oxygen atoms in total. The predicted molar refractivity (Wildman–Crippen MR) is 85.7 cm³/mol. The van der Waals surface area contributed by atoms with E-state index in [0.29, 0.717) is 0 Å². The van der Waals surface area contributed by atoms with E-state index in [1.54, 1.807) is 0 Å². The molecule has 114 valence electrons. The highest BCUT2D eigenvalue weighted by Gasteiger charge is 2.33. The van der Waals surface area contributed by atoms with Gasteiger partial charge >= 0.3 is 0 Å². The average molecular weight is 297 g/mol. The molecule has 0 unspecified atom stereocenters. The van der Waals surface area contributed by atoms with Gasteiger partial charge in [-0.05, 0) is 26.8 Å². The molecule has 1 saturated heterocycles. The van der Waals surface area contributed by atoms with Crippen LogP contribution in [0.15, 0.2) is 0 Å². The zero-order valence-electron chi connectivity index (χ0n) is 13.2. The van der Waals surface area contributed by atoms with E-state index in [2.05, 4.69) is 37.9 Å². The maximum absolute atomic E-state index is 5.61. The fraction of sp³-hybridized carbons (Fsp3) is 0.800. The second kappa shape index (κ2) is 6.87. The Morgan fingerprint density at radius 1 is 1.40 bits per heavy atom. The van der Waals surface area contributed by atoms with Gasteiger partial charge in [0.05, 0.1) is 24.4 Å². The highest BCUT2D eigenvalue weighted by atomic mass is 32.1. The van der Waals surface area contributed by atoms with Gasteiger partial charge in [-0.1, -0.05) is 20.3 Å². The molecule has 2 rings (SSSR count). The fourth-order valence-electron chi connectivity index (χ4n) is 2.51. The van der Waals surface area contributed by atoms with E-state index < -0.39 is 0 Å². The minimum absolute atomic E-state index is 0.0367. The molecule has 2 heterocycles. The van der Waals surface area contributed by atoms with Crippen molar-refractivity contribution < 1.29 is 4.74 Å². The smallest absolute Gasteiger partial charge is 0.186 e. The van der Waals surface area contributed by atoms with Crippen molar-refractivity contribution in [1.82, 2.24) is 10.3 Å². The lowest BCUT2D eigenvalue weighted by molar-refractivity contribution is 0.0643. The Morgan fingerprint density at radius 2 is 2.20 bits per heavy atom. The van der Waals surface area contributed by atoms with Crippen molar-refractivity contribution in [2.24, 2.45) is 0 Å². The van der Waals surface area contributed by atoms with Crippen molar-refractivity contribution in [2.45, 2.75) is 52.6 Å². The van der Waals surface area contributed by atoms with E-state index in [0.717, 1.165) is 50.8 Å². The van der Waals surface area contributed by atoms with Gasteiger partial charge in [-0.15, -0.1) is 11.3 Å². The van der Waals surface area contributed by atoms with Crippen LogP contribution in [0.3, 0.4) is 0 Å². The number of hydrogen-bond acceptors (Lipinski definition) is 5. The molecule has 1 aliphatic heterocycles. The van der Waals surface area contributed by atoms with Crippen molar-refractivity contribution in [3.05, 3.63) is 10.6 Å². The summed E-state index contributed by atoms with van der Waals surface area (Å²) in [4.78, 5) is 8.73. The van der Waals surface area contributed by atoms with Crippen molar-refractivity contribution in [3.63, 3.8) is 0 Å². The zero-order valence-corrected chi connectivity index (χ0v) is 14.0. The van der Waals surface area contributed by atoms with Crippen molar-refractivity contribution >= 4 is 16.5 Å². The number of nitrogens with one attached hydrogen (secondary N) is 1. The normalized spacial score (nSPS) is 18.5. The van der Waals surface area contributed by atoms with Crippen molar-refractivity contribution in [1.29, 1.82) is 0 Å². The van der Waals surface area contributed by atoms with Crippen LogP contribution in [0.1, 0.15) is 44.7 Å². The summed E-state index contributed by atoms with van der Waals surface area (Å²) in [5, 5.41) is 4.59. The number of ether oxygens (including phenoxy) is 1. The highest BCUT2D eigenvalue weighted by Crippen LogP contribution is 2.33. The van der Waals surface area contributed by atoms with E-state index in [1.807, 2.05) is 11.3 Å². The van der Waals surface area contributed by atoms with Crippen LogP contribution in [-0.2, 0) is 17.7 Å². The second-order valence-electron chi connectivity index (χ2n) is 5.91. The van der Waals surface area contributed by atoms with Gasteiger partial charge in [0.25, 0.3) is 0 Å². The van der Waals surface area contributed by atoms with E-state index in [-0.39, 0.29) is 5.54 Å². The maximum atomic E-state index is 5.61. The first-order chi connectivity index (χ1) is 9.58. The van der Waals surface area contributed by atoms with Gasteiger partial charge in [0.2, 0.25) is 0 Å². The lowest BCUT2D eigenvalue weighted by Gasteiger charge is -2.42. The number of aryl methyl sites for hydroxylation is 1. The van der Waals surface area contributed by atoms with Gasteiger partial charge in [0.1, 0.15) is 0 Å². The monoisotopic (exact) mass is 297 g/mol. The lowest BCUT2D eigenvalue weighted by atomic mass is 10.0. The number of hydrogen-bond donors (Lipinski definition) is 1. The number of aromatic nitrogens is 1. The molecular weight excluding hydrogens is 270 g/mol. The molecule has 1 N–H and O–H groups in total. The zero-order chi connectivity index (χ0) is 14.6. The van der Waals surface area contributed by atoms with Crippen LogP contribution in [-0.4, -0.2) is 36.8 Å². The van der Waals surface area contributed by atoms with Gasteiger partial charge in [-0.2, -0.15) is 0 Å². The van der Waals surface area contributed by atoms with E-state index in [9.17, 15) is 0 Å². The predicted octanol–water partition coefficient (Wildman–Crippen LogP) is 2.82. The molecule has 0 aromatic carbocycles. The Hall–Kier alpha value is -0.650. The molecule has 1 aromatic rings. The quantitative estimate of drug-likeness (QED) is 0.876. The summed E-state index contributed by atoms with van der Waals surface area (Å²) in [5.74, 6) is 0. The summed E-state index contributed by atoms with van der Waals surface area (Å²) < 4.78 is 5.61. The minimum Gasteiger partial charge on any atom is -0.377 e. The molecular formula is C15H27N3OS. The SMILES string of the molecule is CCCc1nc(N2CCOCC2(C)C)sc1CNCC. The number of nitrogens with zero attached hydrogens (tertiary/aromatic N) is 2. The van der Waals surface area contributed by atoms with E-state index in [1.165, 1.54) is 10.6 Å². The number of anilines is 1. The third-order valence-corrected chi connectivity index (χ3v) is 4.79. The summed E-state index contributed by atoms with van der Waals surface area (Å²) in [7, 11) is 0. The standard InChI is InChI=1S/C15H27N3OS/c1-5-7-12-13(10-16-6-2)20-14(17-12)18-8-9-19-11-15(18,3)4/h16H,5-11H2,1-4H3. The first-order valence-corrected chi connectivity index (χ1v) is 8.44. The molecule has 0 spiro atoms. The number of thiazole rings is 1. The van der Waals surface area contributed by atoms with Gasteiger partial charge in [-0.3, -0.25) is 0 Å². The van der Waals surface area contributed by atoms with Crippen LogP contribution in [0.4, 0.5) is 5.13 Å². The van der Waals surface area contributed by atoms with Crippen LogP contribution in [0.2, 0.25) is 0 Å².